The maximum Gasteiger partial charge on any atom is 0.125 e. The fourth-order valence-electron chi connectivity index (χ4n) is 2.74. The lowest BCUT2D eigenvalue weighted by Crippen LogP contribution is -1.99. The van der Waals surface area contributed by atoms with E-state index < -0.39 is 0 Å². The van der Waals surface area contributed by atoms with E-state index in [-0.39, 0.29) is 5.82 Å². The molecule has 0 fully saturated rings. The molecule has 20 heavy (non-hydrogen) atoms. The second-order valence-corrected chi connectivity index (χ2v) is 6.34. The Labute approximate surface area is 120 Å². The monoisotopic (exact) mass is 284 g/mol. The Bertz CT molecular complexity index is 809. The largest absolute Gasteiger partial charge is 0.360 e. The quantitative estimate of drug-likeness (QED) is 0.667. The van der Waals surface area contributed by atoms with Crippen molar-refractivity contribution in [2.24, 2.45) is 0 Å². The molecule has 1 aromatic heterocycles. The first-order valence-corrected chi connectivity index (χ1v) is 7.27. The molecular formula is C16H13FN2S. The highest BCUT2D eigenvalue weighted by molar-refractivity contribution is 7.97. The van der Waals surface area contributed by atoms with E-state index in [4.69, 9.17) is 0 Å². The third-order valence-corrected chi connectivity index (χ3v) is 4.70. The molecule has 0 amide bonds. The summed E-state index contributed by atoms with van der Waals surface area (Å²) in [7, 11) is 2.10. The van der Waals surface area contributed by atoms with Crippen LogP contribution in [0, 0.1) is 5.82 Å². The fourth-order valence-corrected chi connectivity index (χ4v) is 3.65. The van der Waals surface area contributed by atoms with Gasteiger partial charge in [0.1, 0.15) is 5.82 Å². The van der Waals surface area contributed by atoms with E-state index in [2.05, 4.69) is 34.5 Å². The SMILES string of the molecule is CN1Cc2cc(-c3c[nH]c4cc(F)ccc34)ccc2S1. The third kappa shape index (κ3) is 1.84. The lowest BCUT2D eigenvalue weighted by molar-refractivity contribution is 0.581. The zero-order valence-corrected chi connectivity index (χ0v) is 11.8. The Balaban J connectivity index is 1.86. The van der Waals surface area contributed by atoms with Gasteiger partial charge in [-0.15, -0.1) is 0 Å². The van der Waals surface area contributed by atoms with Crippen molar-refractivity contribution in [3.63, 3.8) is 0 Å². The van der Waals surface area contributed by atoms with Gasteiger partial charge in [-0.1, -0.05) is 6.07 Å². The minimum Gasteiger partial charge on any atom is -0.360 e. The summed E-state index contributed by atoms with van der Waals surface area (Å²) >= 11 is 1.78. The van der Waals surface area contributed by atoms with Gasteiger partial charge in [-0.25, -0.2) is 8.70 Å². The van der Waals surface area contributed by atoms with Crippen LogP contribution >= 0.6 is 11.9 Å². The van der Waals surface area contributed by atoms with Gasteiger partial charge in [-0.3, -0.25) is 0 Å². The molecule has 0 saturated heterocycles. The molecule has 1 N–H and O–H groups in total. The summed E-state index contributed by atoms with van der Waals surface area (Å²) in [5.74, 6) is -0.210. The van der Waals surface area contributed by atoms with Crippen molar-refractivity contribution in [3.05, 3.63) is 54.0 Å². The van der Waals surface area contributed by atoms with Gasteiger partial charge in [0.05, 0.1) is 0 Å². The molecule has 2 nitrogen and oxygen atoms in total. The molecule has 0 bridgehead atoms. The van der Waals surface area contributed by atoms with Gasteiger partial charge in [0.2, 0.25) is 0 Å². The second-order valence-electron chi connectivity index (χ2n) is 5.09. The van der Waals surface area contributed by atoms with E-state index in [9.17, 15) is 4.39 Å². The Morgan fingerprint density at radius 3 is 3.00 bits per heavy atom. The van der Waals surface area contributed by atoms with Gasteiger partial charge in [-0.2, -0.15) is 0 Å². The van der Waals surface area contributed by atoms with Crippen molar-refractivity contribution in [3.8, 4) is 11.1 Å². The van der Waals surface area contributed by atoms with Gasteiger partial charge in [0.25, 0.3) is 0 Å². The molecular weight excluding hydrogens is 271 g/mol. The highest BCUT2D eigenvalue weighted by atomic mass is 32.2. The van der Waals surface area contributed by atoms with Crippen LogP contribution < -0.4 is 0 Å². The number of halogens is 1. The summed E-state index contributed by atoms with van der Waals surface area (Å²) in [5.41, 5.74) is 4.50. The number of aromatic amines is 1. The van der Waals surface area contributed by atoms with E-state index in [0.29, 0.717) is 0 Å². The van der Waals surface area contributed by atoms with Gasteiger partial charge in [0, 0.05) is 34.1 Å². The molecule has 3 aromatic rings. The molecule has 2 aromatic carbocycles. The molecule has 1 aliphatic rings. The van der Waals surface area contributed by atoms with Crippen LogP contribution in [-0.2, 0) is 6.54 Å². The number of aromatic nitrogens is 1. The summed E-state index contributed by atoms with van der Waals surface area (Å²) in [5, 5.41) is 1.06. The average Bonchev–Trinajstić information content (AvgIpc) is 2.99. The summed E-state index contributed by atoms with van der Waals surface area (Å²) in [6.07, 6.45) is 1.96. The molecule has 0 saturated carbocycles. The Morgan fingerprint density at radius 1 is 1.20 bits per heavy atom. The molecule has 0 radical (unpaired) electrons. The molecule has 0 spiro atoms. The molecule has 2 heterocycles. The van der Waals surface area contributed by atoms with Crippen molar-refractivity contribution in [2.45, 2.75) is 11.4 Å². The van der Waals surface area contributed by atoms with Crippen LogP contribution in [0.3, 0.4) is 0 Å². The van der Waals surface area contributed by atoms with Gasteiger partial charge in [0.15, 0.2) is 0 Å². The minimum atomic E-state index is -0.210. The van der Waals surface area contributed by atoms with E-state index in [1.54, 1.807) is 11.9 Å². The number of rotatable bonds is 1. The predicted molar refractivity (Wildman–Crippen MR) is 81.0 cm³/mol. The standard InChI is InChI=1S/C16H13FN2S/c1-19-9-11-6-10(2-5-16(11)20-19)14-8-18-15-7-12(17)3-4-13(14)15/h2-8,18H,9H2,1H3. The van der Waals surface area contributed by atoms with Crippen molar-refractivity contribution in [1.29, 1.82) is 0 Å². The molecule has 0 unspecified atom stereocenters. The number of fused-ring (bicyclic) bond motifs is 2. The Hall–Kier alpha value is -1.78. The van der Waals surface area contributed by atoms with Crippen LogP contribution in [0.1, 0.15) is 5.56 Å². The average molecular weight is 284 g/mol. The fraction of sp³-hybridized carbons (Fsp3) is 0.125. The second kappa shape index (κ2) is 4.36. The highest BCUT2D eigenvalue weighted by Crippen LogP contribution is 2.38. The minimum absolute atomic E-state index is 0.210. The first-order valence-electron chi connectivity index (χ1n) is 6.50. The first-order chi connectivity index (χ1) is 9.70. The van der Waals surface area contributed by atoms with Crippen LogP contribution in [0.2, 0.25) is 0 Å². The normalized spacial score (nSPS) is 14.9. The number of hydrogen-bond acceptors (Lipinski definition) is 2. The van der Waals surface area contributed by atoms with Crippen molar-refractivity contribution < 1.29 is 4.39 Å². The van der Waals surface area contributed by atoms with Crippen molar-refractivity contribution in [1.82, 2.24) is 9.29 Å². The summed E-state index contributed by atoms with van der Waals surface area (Å²) in [4.78, 5) is 4.47. The number of nitrogens with zero attached hydrogens (tertiary/aromatic N) is 1. The van der Waals surface area contributed by atoms with E-state index in [0.717, 1.165) is 23.0 Å². The van der Waals surface area contributed by atoms with E-state index in [1.165, 1.54) is 28.2 Å². The zero-order valence-electron chi connectivity index (χ0n) is 11.0. The summed E-state index contributed by atoms with van der Waals surface area (Å²) in [6, 6.07) is 11.4. The van der Waals surface area contributed by atoms with Crippen LogP contribution in [0.15, 0.2) is 47.5 Å². The summed E-state index contributed by atoms with van der Waals surface area (Å²) in [6.45, 7) is 0.963. The van der Waals surface area contributed by atoms with Crippen LogP contribution in [0.5, 0.6) is 0 Å². The summed E-state index contributed by atoms with van der Waals surface area (Å²) < 4.78 is 15.5. The lowest BCUT2D eigenvalue weighted by atomic mass is 10.0. The van der Waals surface area contributed by atoms with Crippen LogP contribution in [-0.4, -0.2) is 16.3 Å². The van der Waals surface area contributed by atoms with Crippen LogP contribution in [0.4, 0.5) is 4.39 Å². The maximum atomic E-state index is 13.2. The number of nitrogens with one attached hydrogen (secondary N) is 1. The third-order valence-electron chi connectivity index (χ3n) is 3.66. The molecule has 0 aliphatic carbocycles. The zero-order chi connectivity index (χ0) is 13.7. The molecule has 4 rings (SSSR count). The van der Waals surface area contributed by atoms with Gasteiger partial charge < -0.3 is 4.98 Å². The lowest BCUT2D eigenvalue weighted by Gasteiger charge is -2.03. The molecule has 1 aliphatic heterocycles. The Kier molecular flexibility index (Phi) is 2.62. The first kappa shape index (κ1) is 12.0. The van der Waals surface area contributed by atoms with Crippen molar-refractivity contribution in [2.75, 3.05) is 7.05 Å². The topological polar surface area (TPSA) is 19.0 Å². The predicted octanol–water partition coefficient (Wildman–Crippen LogP) is 4.43. The maximum absolute atomic E-state index is 13.2. The number of benzene rings is 2. The smallest absolute Gasteiger partial charge is 0.125 e. The van der Waals surface area contributed by atoms with Crippen molar-refractivity contribution >= 4 is 22.9 Å². The molecule has 100 valence electrons. The molecule has 0 atom stereocenters. The number of hydrogen-bond donors (Lipinski definition) is 1. The van der Waals surface area contributed by atoms with Crippen LogP contribution in [0.25, 0.3) is 22.0 Å². The van der Waals surface area contributed by atoms with Gasteiger partial charge >= 0.3 is 0 Å². The van der Waals surface area contributed by atoms with E-state index in [1.807, 2.05) is 12.3 Å². The Morgan fingerprint density at radius 2 is 2.10 bits per heavy atom. The van der Waals surface area contributed by atoms with E-state index >= 15 is 0 Å². The highest BCUT2D eigenvalue weighted by Gasteiger charge is 2.17. The van der Waals surface area contributed by atoms with Gasteiger partial charge in [-0.05, 0) is 60.5 Å². The number of H-pyrrole nitrogens is 1. The molecule has 4 heteroatoms.